The number of nitrogens with zero attached hydrogens (tertiary/aromatic N) is 3. The van der Waals surface area contributed by atoms with Crippen LogP contribution < -0.4 is 5.32 Å². The number of hydrogen-bond donors (Lipinski definition) is 2. The molecule has 3 rings (SSSR count). The van der Waals surface area contributed by atoms with Gasteiger partial charge in [0.1, 0.15) is 0 Å². The molecule has 0 aromatic carbocycles. The SMILES string of the molecule is C[C@@H](CC(F)(F)F)Nc1ncc2c(Br)cc(C3CCC(O)CC3)n2n1. The number of nitrogens with one attached hydrogen (secondary N) is 1. The van der Waals surface area contributed by atoms with Crippen LogP contribution in [0.5, 0.6) is 0 Å². The van der Waals surface area contributed by atoms with Crippen LogP contribution >= 0.6 is 15.9 Å². The van der Waals surface area contributed by atoms with Crippen molar-refractivity contribution in [3.8, 4) is 0 Å². The standard InChI is InChI=1S/C16H20BrF3N4O/c1-9(7-16(18,19)20)22-15-21-8-14-12(17)6-13(24(14)23-15)10-2-4-11(25)5-3-10/h6,8-11,25H,2-5,7H2,1H3,(H,22,23)/t9-,10?,11?/m0/s1. The molecule has 0 saturated heterocycles. The first kappa shape index (κ1) is 18.4. The molecule has 2 heterocycles. The van der Waals surface area contributed by atoms with Crippen molar-refractivity contribution in [2.45, 2.75) is 63.3 Å². The summed E-state index contributed by atoms with van der Waals surface area (Å²) in [6, 6.07) is 1.17. The van der Waals surface area contributed by atoms with Gasteiger partial charge in [-0.1, -0.05) is 0 Å². The fourth-order valence-electron chi connectivity index (χ4n) is 3.32. The van der Waals surface area contributed by atoms with Crippen LogP contribution in [0.3, 0.4) is 0 Å². The lowest BCUT2D eigenvalue weighted by Gasteiger charge is -2.25. The van der Waals surface area contributed by atoms with Crippen molar-refractivity contribution in [2.75, 3.05) is 5.32 Å². The fourth-order valence-corrected chi connectivity index (χ4v) is 3.83. The summed E-state index contributed by atoms with van der Waals surface area (Å²) in [6.07, 6.45) is -0.628. The molecule has 5 nitrogen and oxygen atoms in total. The van der Waals surface area contributed by atoms with Gasteiger partial charge in [-0.3, -0.25) is 0 Å². The number of hydrogen-bond acceptors (Lipinski definition) is 4. The molecule has 2 aromatic rings. The first-order chi connectivity index (χ1) is 11.7. The third-order valence-electron chi connectivity index (χ3n) is 4.52. The summed E-state index contributed by atoms with van der Waals surface area (Å²) in [6.45, 7) is 1.45. The number of fused-ring (bicyclic) bond motifs is 1. The molecule has 0 spiro atoms. The second kappa shape index (κ2) is 7.11. The van der Waals surface area contributed by atoms with E-state index in [0.29, 0.717) is 0 Å². The van der Waals surface area contributed by atoms with Gasteiger partial charge in [-0.2, -0.15) is 13.2 Å². The second-order valence-electron chi connectivity index (χ2n) is 6.67. The lowest BCUT2D eigenvalue weighted by molar-refractivity contribution is -0.136. The Morgan fingerprint density at radius 1 is 1.36 bits per heavy atom. The molecule has 0 radical (unpaired) electrons. The van der Waals surface area contributed by atoms with E-state index in [1.54, 1.807) is 10.7 Å². The van der Waals surface area contributed by atoms with Gasteiger partial charge in [0, 0.05) is 22.1 Å². The predicted molar refractivity (Wildman–Crippen MR) is 91.7 cm³/mol. The number of halogens is 4. The first-order valence-electron chi connectivity index (χ1n) is 8.28. The highest BCUT2D eigenvalue weighted by atomic mass is 79.9. The lowest BCUT2D eigenvalue weighted by atomic mass is 9.85. The van der Waals surface area contributed by atoms with Crippen molar-refractivity contribution in [3.05, 3.63) is 22.4 Å². The third-order valence-corrected chi connectivity index (χ3v) is 5.16. The van der Waals surface area contributed by atoms with Crippen LogP contribution in [0.2, 0.25) is 0 Å². The Morgan fingerprint density at radius 3 is 2.68 bits per heavy atom. The van der Waals surface area contributed by atoms with E-state index in [2.05, 4.69) is 31.3 Å². The van der Waals surface area contributed by atoms with Crippen molar-refractivity contribution in [1.29, 1.82) is 0 Å². The number of rotatable bonds is 4. The van der Waals surface area contributed by atoms with Gasteiger partial charge >= 0.3 is 6.18 Å². The van der Waals surface area contributed by atoms with Crippen LogP contribution in [0.1, 0.15) is 50.6 Å². The Hall–Kier alpha value is -1.35. The Labute approximate surface area is 151 Å². The van der Waals surface area contributed by atoms with Crippen LogP contribution in [-0.4, -0.2) is 38.0 Å². The highest BCUT2D eigenvalue weighted by Crippen LogP contribution is 2.36. The highest BCUT2D eigenvalue weighted by Gasteiger charge is 2.30. The first-order valence-corrected chi connectivity index (χ1v) is 9.08. The molecule has 1 aliphatic rings. The minimum Gasteiger partial charge on any atom is -0.393 e. The highest BCUT2D eigenvalue weighted by molar-refractivity contribution is 9.10. The number of aliphatic hydroxyl groups is 1. The Kier molecular flexibility index (Phi) is 5.24. The summed E-state index contributed by atoms with van der Waals surface area (Å²) in [4.78, 5) is 4.13. The number of alkyl halides is 3. The number of anilines is 1. The average Bonchev–Trinajstić information content (AvgIpc) is 2.83. The van der Waals surface area contributed by atoms with E-state index in [4.69, 9.17) is 0 Å². The molecule has 25 heavy (non-hydrogen) atoms. The summed E-state index contributed by atoms with van der Waals surface area (Å²) >= 11 is 3.49. The van der Waals surface area contributed by atoms with Gasteiger partial charge in [0.05, 0.1) is 24.2 Å². The number of aromatic nitrogens is 3. The molecule has 0 aliphatic heterocycles. The van der Waals surface area contributed by atoms with Crippen LogP contribution in [0, 0.1) is 0 Å². The molecule has 0 amide bonds. The molecule has 2 aromatic heterocycles. The normalized spacial score (nSPS) is 23.0. The van der Waals surface area contributed by atoms with Crippen molar-refractivity contribution in [2.24, 2.45) is 0 Å². The van der Waals surface area contributed by atoms with Gasteiger partial charge < -0.3 is 10.4 Å². The average molecular weight is 421 g/mol. The van der Waals surface area contributed by atoms with Crippen LogP contribution in [0.15, 0.2) is 16.7 Å². The zero-order valence-electron chi connectivity index (χ0n) is 13.7. The molecule has 1 aliphatic carbocycles. The minimum absolute atomic E-state index is 0.171. The van der Waals surface area contributed by atoms with Crippen molar-refractivity contribution < 1.29 is 18.3 Å². The van der Waals surface area contributed by atoms with Crippen molar-refractivity contribution in [1.82, 2.24) is 14.6 Å². The van der Waals surface area contributed by atoms with E-state index in [-0.39, 0.29) is 18.0 Å². The molecule has 0 unspecified atom stereocenters. The van der Waals surface area contributed by atoms with Crippen molar-refractivity contribution >= 4 is 27.4 Å². The Balaban J connectivity index is 1.84. The monoisotopic (exact) mass is 420 g/mol. The van der Waals surface area contributed by atoms with Crippen LogP contribution in [-0.2, 0) is 0 Å². The largest absolute Gasteiger partial charge is 0.393 e. The Bertz CT molecular complexity index is 741. The van der Waals surface area contributed by atoms with Gasteiger partial charge in [-0.15, -0.1) is 5.10 Å². The van der Waals surface area contributed by atoms with Gasteiger partial charge in [0.15, 0.2) is 0 Å². The van der Waals surface area contributed by atoms with Gasteiger partial charge in [0.25, 0.3) is 0 Å². The van der Waals surface area contributed by atoms with E-state index >= 15 is 0 Å². The summed E-state index contributed by atoms with van der Waals surface area (Å²) in [5.74, 6) is 0.432. The summed E-state index contributed by atoms with van der Waals surface area (Å²) < 4.78 is 40.1. The van der Waals surface area contributed by atoms with Crippen molar-refractivity contribution in [3.63, 3.8) is 0 Å². The molecule has 1 atom stereocenters. The molecule has 138 valence electrons. The maximum absolute atomic E-state index is 12.5. The zero-order valence-corrected chi connectivity index (χ0v) is 15.3. The van der Waals surface area contributed by atoms with Gasteiger partial charge in [-0.25, -0.2) is 9.50 Å². The lowest BCUT2D eigenvalue weighted by Crippen LogP contribution is -2.25. The predicted octanol–water partition coefficient (Wildman–Crippen LogP) is 4.26. The summed E-state index contributed by atoms with van der Waals surface area (Å²) in [7, 11) is 0. The molecule has 1 saturated carbocycles. The van der Waals surface area contributed by atoms with E-state index in [1.807, 2.05) is 6.07 Å². The minimum atomic E-state index is -4.24. The molecule has 0 bridgehead atoms. The van der Waals surface area contributed by atoms with E-state index < -0.39 is 18.6 Å². The molecular formula is C16H20BrF3N4O. The second-order valence-corrected chi connectivity index (χ2v) is 7.52. The maximum Gasteiger partial charge on any atom is 0.391 e. The quantitative estimate of drug-likeness (QED) is 0.775. The topological polar surface area (TPSA) is 62.5 Å². The molecular weight excluding hydrogens is 401 g/mol. The fraction of sp³-hybridized carbons (Fsp3) is 0.625. The molecule has 2 N–H and O–H groups in total. The van der Waals surface area contributed by atoms with E-state index in [1.165, 1.54) is 6.92 Å². The van der Waals surface area contributed by atoms with E-state index in [0.717, 1.165) is 41.4 Å². The smallest absolute Gasteiger partial charge is 0.391 e. The summed E-state index contributed by atoms with van der Waals surface area (Å²) in [5.41, 5.74) is 1.76. The molecule has 1 fully saturated rings. The van der Waals surface area contributed by atoms with Gasteiger partial charge in [0.2, 0.25) is 5.95 Å². The van der Waals surface area contributed by atoms with Gasteiger partial charge in [-0.05, 0) is 54.6 Å². The number of aliphatic hydroxyl groups excluding tert-OH is 1. The van der Waals surface area contributed by atoms with Crippen LogP contribution in [0.25, 0.3) is 5.52 Å². The maximum atomic E-state index is 12.5. The summed E-state index contributed by atoms with van der Waals surface area (Å²) in [5, 5.41) is 16.8. The van der Waals surface area contributed by atoms with E-state index in [9.17, 15) is 18.3 Å². The zero-order chi connectivity index (χ0) is 18.2. The molecule has 9 heteroatoms. The third kappa shape index (κ3) is 4.44. The Morgan fingerprint density at radius 2 is 2.04 bits per heavy atom. The van der Waals surface area contributed by atoms with Crippen LogP contribution in [0.4, 0.5) is 19.1 Å².